The van der Waals surface area contributed by atoms with Crippen LogP contribution in [0.2, 0.25) is 0 Å². The van der Waals surface area contributed by atoms with Gasteiger partial charge in [0, 0.05) is 31.2 Å². The molecule has 0 aliphatic carbocycles. The van der Waals surface area contributed by atoms with Crippen LogP contribution in [0.3, 0.4) is 0 Å². The second kappa shape index (κ2) is 8.19. The SMILES string of the molecule is CC(C)C(=O)Nc1ccc(CN2CCCN(C)CC2)c(C(F)(F)F)c1. The standard InChI is InChI=1S/C18H26F3N3O/c1-13(2)17(25)22-15-6-5-14(16(11-15)18(19,20)21)12-24-8-4-7-23(3)9-10-24/h5-6,11,13H,4,7-10,12H2,1-3H3,(H,22,25). The van der Waals surface area contributed by atoms with E-state index >= 15 is 0 Å². The fourth-order valence-corrected chi connectivity index (χ4v) is 2.84. The van der Waals surface area contributed by atoms with Gasteiger partial charge >= 0.3 is 6.18 Å². The maximum atomic E-state index is 13.5. The van der Waals surface area contributed by atoms with E-state index in [1.807, 2.05) is 7.05 Å². The molecule has 1 aliphatic rings. The van der Waals surface area contributed by atoms with Crippen molar-refractivity contribution in [1.29, 1.82) is 0 Å². The van der Waals surface area contributed by atoms with Gasteiger partial charge in [0.15, 0.2) is 0 Å². The molecular formula is C18H26F3N3O. The molecule has 25 heavy (non-hydrogen) atoms. The topological polar surface area (TPSA) is 35.6 Å². The van der Waals surface area contributed by atoms with Gasteiger partial charge in [0.1, 0.15) is 0 Å². The molecular weight excluding hydrogens is 331 g/mol. The van der Waals surface area contributed by atoms with Crippen LogP contribution < -0.4 is 5.32 Å². The molecule has 1 N–H and O–H groups in total. The number of hydrogen-bond acceptors (Lipinski definition) is 3. The molecule has 7 heteroatoms. The molecule has 1 heterocycles. The summed E-state index contributed by atoms with van der Waals surface area (Å²) in [6, 6.07) is 4.07. The third kappa shape index (κ3) is 5.71. The van der Waals surface area contributed by atoms with E-state index in [-0.39, 0.29) is 29.6 Å². The Morgan fingerprint density at radius 3 is 2.56 bits per heavy atom. The molecule has 1 aromatic carbocycles. The second-order valence-corrected chi connectivity index (χ2v) is 6.95. The first-order valence-electron chi connectivity index (χ1n) is 8.58. The van der Waals surface area contributed by atoms with Crippen LogP contribution in [0.4, 0.5) is 18.9 Å². The summed E-state index contributed by atoms with van der Waals surface area (Å²) in [4.78, 5) is 16.0. The van der Waals surface area contributed by atoms with Crippen LogP contribution in [0, 0.1) is 5.92 Å². The summed E-state index contributed by atoms with van der Waals surface area (Å²) >= 11 is 0. The molecule has 1 aromatic rings. The Morgan fingerprint density at radius 1 is 1.20 bits per heavy atom. The number of carbonyl (C=O) groups excluding carboxylic acids is 1. The Hall–Kier alpha value is -1.60. The van der Waals surface area contributed by atoms with E-state index in [2.05, 4.69) is 15.1 Å². The number of hydrogen-bond donors (Lipinski definition) is 1. The summed E-state index contributed by atoms with van der Waals surface area (Å²) in [5.74, 6) is -0.584. The van der Waals surface area contributed by atoms with Gasteiger partial charge in [0.2, 0.25) is 5.91 Å². The minimum atomic E-state index is -4.45. The number of nitrogens with one attached hydrogen (secondary N) is 1. The van der Waals surface area contributed by atoms with Crippen molar-refractivity contribution in [3.63, 3.8) is 0 Å². The Balaban J connectivity index is 2.20. The number of rotatable bonds is 4. The number of halogens is 3. The van der Waals surface area contributed by atoms with Gasteiger partial charge < -0.3 is 10.2 Å². The van der Waals surface area contributed by atoms with Gasteiger partial charge in [0.25, 0.3) is 0 Å². The summed E-state index contributed by atoms with van der Waals surface area (Å²) in [6.07, 6.45) is -3.50. The van der Waals surface area contributed by atoms with Gasteiger partial charge in [-0.25, -0.2) is 0 Å². The van der Waals surface area contributed by atoms with Crippen molar-refractivity contribution in [2.45, 2.75) is 33.0 Å². The number of carbonyl (C=O) groups is 1. The van der Waals surface area contributed by atoms with Gasteiger partial charge in [-0.3, -0.25) is 9.69 Å². The first-order valence-corrected chi connectivity index (χ1v) is 8.58. The highest BCUT2D eigenvalue weighted by Gasteiger charge is 2.34. The number of benzene rings is 1. The molecule has 140 valence electrons. The fraction of sp³-hybridized carbons (Fsp3) is 0.611. The Morgan fingerprint density at radius 2 is 1.92 bits per heavy atom. The summed E-state index contributed by atoms with van der Waals surface area (Å²) < 4.78 is 40.4. The van der Waals surface area contributed by atoms with Crippen molar-refractivity contribution in [2.24, 2.45) is 5.92 Å². The molecule has 1 aliphatic heterocycles. The number of likely N-dealkylation sites (N-methyl/N-ethyl adjacent to an activating group) is 1. The molecule has 0 atom stereocenters. The van der Waals surface area contributed by atoms with E-state index in [1.165, 1.54) is 6.07 Å². The van der Waals surface area contributed by atoms with E-state index in [1.54, 1.807) is 19.9 Å². The summed E-state index contributed by atoms with van der Waals surface area (Å²) in [5, 5.41) is 2.54. The number of anilines is 1. The molecule has 1 saturated heterocycles. The van der Waals surface area contributed by atoms with Crippen LogP contribution in [0.25, 0.3) is 0 Å². The minimum Gasteiger partial charge on any atom is -0.326 e. The zero-order valence-corrected chi connectivity index (χ0v) is 15.0. The predicted molar refractivity (Wildman–Crippen MR) is 92.3 cm³/mol. The second-order valence-electron chi connectivity index (χ2n) is 6.95. The monoisotopic (exact) mass is 357 g/mol. The van der Waals surface area contributed by atoms with E-state index in [0.717, 1.165) is 38.7 Å². The van der Waals surface area contributed by atoms with Crippen molar-refractivity contribution in [2.75, 3.05) is 38.5 Å². The number of nitrogens with zero attached hydrogens (tertiary/aromatic N) is 2. The van der Waals surface area contributed by atoms with Gasteiger partial charge in [-0.05, 0) is 44.3 Å². The average Bonchev–Trinajstić information content (AvgIpc) is 2.72. The highest BCUT2D eigenvalue weighted by molar-refractivity contribution is 5.92. The Labute approximate surface area is 147 Å². The normalized spacial score (nSPS) is 17.6. The van der Waals surface area contributed by atoms with Crippen LogP contribution >= 0.6 is 0 Å². The average molecular weight is 357 g/mol. The van der Waals surface area contributed by atoms with Gasteiger partial charge in [-0.15, -0.1) is 0 Å². The third-order valence-corrected chi connectivity index (χ3v) is 4.41. The predicted octanol–water partition coefficient (Wildman–Crippen LogP) is 3.44. The van der Waals surface area contributed by atoms with Crippen LogP contribution in [-0.2, 0) is 17.5 Å². The molecule has 0 saturated carbocycles. The molecule has 0 radical (unpaired) electrons. The largest absolute Gasteiger partial charge is 0.416 e. The molecule has 1 amide bonds. The minimum absolute atomic E-state index is 0.186. The smallest absolute Gasteiger partial charge is 0.326 e. The van der Waals surface area contributed by atoms with Crippen molar-refractivity contribution in [3.05, 3.63) is 29.3 Å². The highest BCUT2D eigenvalue weighted by atomic mass is 19.4. The molecule has 1 fully saturated rings. The fourth-order valence-electron chi connectivity index (χ4n) is 2.84. The lowest BCUT2D eigenvalue weighted by atomic mass is 10.0. The van der Waals surface area contributed by atoms with Crippen LogP contribution in [0.5, 0.6) is 0 Å². The Bertz CT molecular complexity index is 602. The maximum Gasteiger partial charge on any atom is 0.416 e. The summed E-state index contributed by atoms with van der Waals surface area (Å²) in [6.45, 7) is 7.01. The summed E-state index contributed by atoms with van der Waals surface area (Å²) in [5.41, 5.74) is -0.239. The molecule has 4 nitrogen and oxygen atoms in total. The third-order valence-electron chi connectivity index (χ3n) is 4.41. The lowest BCUT2D eigenvalue weighted by Crippen LogP contribution is -2.29. The van der Waals surface area contributed by atoms with Gasteiger partial charge in [-0.2, -0.15) is 13.2 Å². The van der Waals surface area contributed by atoms with E-state index < -0.39 is 11.7 Å². The van der Waals surface area contributed by atoms with Crippen LogP contribution in [0.15, 0.2) is 18.2 Å². The maximum absolute atomic E-state index is 13.5. The van der Waals surface area contributed by atoms with E-state index in [0.29, 0.717) is 0 Å². The molecule has 0 unspecified atom stereocenters. The number of alkyl halides is 3. The van der Waals surface area contributed by atoms with Crippen molar-refractivity contribution < 1.29 is 18.0 Å². The molecule has 0 aromatic heterocycles. The zero-order chi connectivity index (χ0) is 18.6. The molecule has 2 rings (SSSR count). The number of amides is 1. The lowest BCUT2D eigenvalue weighted by molar-refractivity contribution is -0.138. The Kier molecular flexibility index (Phi) is 6.46. The van der Waals surface area contributed by atoms with Crippen molar-refractivity contribution >= 4 is 11.6 Å². The lowest BCUT2D eigenvalue weighted by Gasteiger charge is -2.23. The molecule has 0 bridgehead atoms. The van der Waals surface area contributed by atoms with E-state index in [9.17, 15) is 18.0 Å². The van der Waals surface area contributed by atoms with Crippen LogP contribution in [0.1, 0.15) is 31.4 Å². The van der Waals surface area contributed by atoms with E-state index in [4.69, 9.17) is 0 Å². The van der Waals surface area contributed by atoms with Gasteiger partial charge in [0.05, 0.1) is 5.56 Å². The van der Waals surface area contributed by atoms with Gasteiger partial charge in [-0.1, -0.05) is 19.9 Å². The first kappa shape index (κ1) is 19.7. The van der Waals surface area contributed by atoms with Crippen LogP contribution in [-0.4, -0.2) is 48.9 Å². The van der Waals surface area contributed by atoms with Crippen molar-refractivity contribution in [1.82, 2.24) is 9.80 Å². The first-order chi connectivity index (χ1) is 11.7. The molecule has 0 spiro atoms. The zero-order valence-electron chi connectivity index (χ0n) is 15.0. The summed E-state index contributed by atoms with van der Waals surface area (Å²) in [7, 11) is 2.02. The van der Waals surface area contributed by atoms with Crippen molar-refractivity contribution in [3.8, 4) is 0 Å². The highest BCUT2D eigenvalue weighted by Crippen LogP contribution is 2.34. The quantitative estimate of drug-likeness (QED) is 0.897.